The Bertz CT molecular complexity index is 744. The Morgan fingerprint density at radius 1 is 1.17 bits per heavy atom. The van der Waals surface area contributed by atoms with Gasteiger partial charge in [-0.15, -0.1) is 11.3 Å². The SMILES string of the molecule is Cc1ccc(C(=O)NCCCNC(=O)c2cccs2)cc1[N+](=O)[O-]. The molecule has 0 atom stereocenters. The average Bonchev–Trinajstić information content (AvgIpc) is 3.08. The van der Waals surface area contributed by atoms with Crippen LogP contribution in [0.5, 0.6) is 0 Å². The second-order valence-corrected chi connectivity index (χ2v) is 6.05. The van der Waals surface area contributed by atoms with Crippen LogP contribution in [0.15, 0.2) is 35.7 Å². The maximum Gasteiger partial charge on any atom is 0.273 e. The third-order valence-corrected chi connectivity index (χ3v) is 4.21. The predicted molar refractivity (Wildman–Crippen MR) is 91.4 cm³/mol. The van der Waals surface area contributed by atoms with Gasteiger partial charge in [-0.05, 0) is 30.9 Å². The largest absolute Gasteiger partial charge is 0.352 e. The Morgan fingerprint density at radius 2 is 1.88 bits per heavy atom. The second-order valence-electron chi connectivity index (χ2n) is 5.10. The van der Waals surface area contributed by atoms with Crippen molar-refractivity contribution in [3.05, 3.63) is 61.8 Å². The number of carbonyl (C=O) groups excluding carboxylic acids is 2. The molecule has 2 aromatic rings. The molecule has 0 aliphatic rings. The number of hydrogen-bond donors (Lipinski definition) is 2. The molecule has 0 aliphatic heterocycles. The molecule has 0 bridgehead atoms. The molecule has 0 radical (unpaired) electrons. The van der Waals surface area contributed by atoms with Crippen molar-refractivity contribution in [1.29, 1.82) is 0 Å². The lowest BCUT2D eigenvalue weighted by molar-refractivity contribution is -0.385. The normalized spacial score (nSPS) is 10.2. The van der Waals surface area contributed by atoms with Gasteiger partial charge in [-0.3, -0.25) is 19.7 Å². The molecule has 0 fully saturated rings. The summed E-state index contributed by atoms with van der Waals surface area (Å²) in [7, 11) is 0. The van der Waals surface area contributed by atoms with Crippen LogP contribution in [0.4, 0.5) is 5.69 Å². The Morgan fingerprint density at radius 3 is 2.50 bits per heavy atom. The number of nitro benzene ring substituents is 1. The summed E-state index contributed by atoms with van der Waals surface area (Å²) in [4.78, 5) is 34.7. The van der Waals surface area contributed by atoms with Crippen LogP contribution in [0.3, 0.4) is 0 Å². The molecule has 0 saturated heterocycles. The summed E-state index contributed by atoms with van der Waals surface area (Å²) in [5.74, 6) is -0.506. The number of nitro groups is 1. The number of carbonyl (C=O) groups is 2. The fourth-order valence-corrected chi connectivity index (χ4v) is 2.68. The van der Waals surface area contributed by atoms with Crippen molar-refractivity contribution in [2.24, 2.45) is 0 Å². The van der Waals surface area contributed by atoms with E-state index in [0.29, 0.717) is 30.0 Å². The summed E-state index contributed by atoms with van der Waals surface area (Å²) < 4.78 is 0. The Kier molecular flexibility index (Phi) is 6.02. The number of nitrogens with one attached hydrogen (secondary N) is 2. The zero-order valence-electron chi connectivity index (χ0n) is 13.1. The number of hydrogen-bond acceptors (Lipinski definition) is 5. The van der Waals surface area contributed by atoms with E-state index in [4.69, 9.17) is 0 Å². The molecule has 0 saturated carbocycles. The van der Waals surface area contributed by atoms with E-state index in [1.807, 2.05) is 5.38 Å². The molecule has 0 spiro atoms. The van der Waals surface area contributed by atoms with Crippen LogP contribution in [-0.2, 0) is 0 Å². The first kappa shape index (κ1) is 17.6. The van der Waals surface area contributed by atoms with Gasteiger partial charge in [0, 0.05) is 30.3 Å². The van der Waals surface area contributed by atoms with Crippen LogP contribution in [0.1, 0.15) is 32.0 Å². The third kappa shape index (κ3) is 4.63. The maximum absolute atomic E-state index is 12.0. The van der Waals surface area contributed by atoms with Crippen LogP contribution in [-0.4, -0.2) is 29.8 Å². The maximum atomic E-state index is 12.0. The molecule has 8 heteroatoms. The van der Waals surface area contributed by atoms with Crippen molar-refractivity contribution in [1.82, 2.24) is 10.6 Å². The molecule has 1 heterocycles. The quantitative estimate of drug-likeness (QED) is 0.456. The highest BCUT2D eigenvalue weighted by atomic mass is 32.1. The Labute approximate surface area is 142 Å². The number of aryl methyl sites for hydroxylation is 1. The zero-order valence-corrected chi connectivity index (χ0v) is 13.9. The third-order valence-electron chi connectivity index (χ3n) is 3.34. The molecule has 0 unspecified atom stereocenters. The lowest BCUT2D eigenvalue weighted by atomic mass is 10.1. The van der Waals surface area contributed by atoms with Gasteiger partial charge in [-0.2, -0.15) is 0 Å². The van der Waals surface area contributed by atoms with E-state index < -0.39 is 4.92 Å². The minimum Gasteiger partial charge on any atom is -0.352 e. The van der Waals surface area contributed by atoms with Crippen LogP contribution >= 0.6 is 11.3 Å². The number of amides is 2. The van der Waals surface area contributed by atoms with E-state index in [-0.39, 0.29) is 23.1 Å². The highest BCUT2D eigenvalue weighted by Gasteiger charge is 2.14. The van der Waals surface area contributed by atoms with E-state index in [1.165, 1.54) is 17.4 Å². The number of thiophene rings is 1. The van der Waals surface area contributed by atoms with Crippen molar-refractivity contribution in [2.75, 3.05) is 13.1 Å². The first-order valence-corrected chi connectivity index (χ1v) is 8.22. The van der Waals surface area contributed by atoms with Crippen molar-refractivity contribution in [2.45, 2.75) is 13.3 Å². The van der Waals surface area contributed by atoms with Crippen LogP contribution in [0.25, 0.3) is 0 Å². The van der Waals surface area contributed by atoms with E-state index in [9.17, 15) is 19.7 Å². The van der Waals surface area contributed by atoms with Crippen LogP contribution < -0.4 is 10.6 Å². The monoisotopic (exact) mass is 347 g/mol. The molecule has 24 heavy (non-hydrogen) atoms. The highest BCUT2D eigenvalue weighted by Crippen LogP contribution is 2.19. The first-order valence-electron chi connectivity index (χ1n) is 7.34. The van der Waals surface area contributed by atoms with Crippen molar-refractivity contribution >= 4 is 28.8 Å². The number of rotatable bonds is 7. The average molecular weight is 347 g/mol. The van der Waals surface area contributed by atoms with E-state index in [0.717, 1.165) is 0 Å². The van der Waals surface area contributed by atoms with Gasteiger partial charge in [0.05, 0.1) is 9.80 Å². The standard InChI is InChI=1S/C16H17N3O4S/c1-11-5-6-12(10-13(11)19(22)23)15(20)17-7-3-8-18-16(21)14-4-2-9-24-14/h2,4-6,9-10H,3,7-8H2,1H3,(H,17,20)(H,18,21). The smallest absolute Gasteiger partial charge is 0.273 e. The van der Waals surface area contributed by atoms with Crippen molar-refractivity contribution in [3.63, 3.8) is 0 Å². The molecular formula is C16H17N3O4S. The van der Waals surface area contributed by atoms with E-state index in [1.54, 1.807) is 31.2 Å². The van der Waals surface area contributed by atoms with E-state index >= 15 is 0 Å². The molecule has 7 nitrogen and oxygen atoms in total. The molecule has 2 amide bonds. The van der Waals surface area contributed by atoms with Gasteiger partial charge in [0.15, 0.2) is 0 Å². The molecule has 126 valence electrons. The molecule has 2 N–H and O–H groups in total. The molecule has 1 aromatic heterocycles. The van der Waals surface area contributed by atoms with Gasteiger partial charge in [0.25, 0.3) is 17.5 Å². The van der Waals surface area contributed by atoms with Crippen molar-refractivity contribution < 1.29 is 14.5 Å². The minimum absolute atomic E-state index is 0.0779. The van der Waals surface area contributed by atoms with Gasteiger partial charge >= 0.3 is 0 Å². The lowest BCUT2D eigenvalue weighted by Gasteiger charge is -2.07. The number of nitrogens with zero attached hydrogens (tertiary/aromatic N) is 1. The van der Waals surface area contributed by atoms with Crippen molar-refractivity contribution in [3.8, 4) is 0 Å². The topological polar surface area (TPSA) is 101 Å². The van der Waals surface area contributed by atoms with Crippen LogP contribution in [0.2, 0.25) is 0 Å². The molecular weight excluding hydrogens is 330 g/mol. The number of benzene rings is 1. The molecule has 1 aromatic carbocycles. The zero-order chi connectivity index (χ0) is 17.5. The van der Waals surface area contributed by atoms with Gasteiger partial charge in [0.1, 0.15) is 0 Å². The fraction of sp³-hybridized carbons (Fsp3) is 0.250. The summed E-state index contributed by atoms with van der Waals surface area (Å²) >= 11 is 1.36. The fourth-order valence-electron chi connectivity index (χ4n) is 2.04. The van der Waals surface area contributed by atoms with E-state index in [2.05, 4.69) is 10.6 Å². The second kappa shape index (κ2) is 8.21. The predicted octanol–water partition coefficient (Wildman–Crippen LogP) is 2.51. The summed E-state index contributed by atoms with van der Waals surface area (Å²) in [5.41, 5.74) is 0.675. The summed E-state index contributed by atoms with van der Waals surface area (Å²) in [5, 5.41) is 18.2. The summed E-state index contributed by atoms with van der Waals surface area (Å²) in [6.45, 7) is 2.42. The minimum atomic E-state index is -0.508. The summed E-state index contributed by atoms with van der Waals surface area (Å²) in [6, 6.07) is 7.92. The van der Waals surface area contributed by atoms with Gasteiger partial charge in [0.2, 0.25) is 0 Å². The molecule has 0 aliphatic carbocycles. The molecule has 2 rings (SSSR count). The Balaban J connectivity index is 1.76. The highest BCUT2D eigenvalue weighted by molar-refractivity contribution is 7.12. The van der Waals surface area contributed by atoms with Gasteiger partial charge in [-0.1, -0.05) is 12.1 Å². The van der Waals surface area contributed by atoms with Gasteiger partial charge < -0.3 is 10.6 Å². The lowest BCUT2D eigenvalue weighted by Crippen LogP contribution is -2.29. The summed E-state index contributed by atoms with van der Waals surface area (Å²) in [6.07, 6.45) is 0.566. The Hall–Kier alpha value is -2.74. The first-order chi connectivity index (χ1) is 11.5. The van der Waals surface area contributed by atoms with Crippen LogP contribution in [0, 0.1) is 17.0 Å². The van der Waals surface area contributed by atoms with Gasteiger partial charge in [-0.25, -0.2) is 0 Å².